The van der Waals surface area contributed by atoms with Gasteiger partial charge in [-0.15, -0.1) is 0 Å². The van der Waals surface area contributed by atoms with Gasteiger partial charge >= 0.3 is 0 Å². The first-order valence-electron chi connectivity index (χ1n) is 7.73. The zero-order chi connectivity index (χ0) is 17.2. The molecule has 0 aliphatic rings. The SMILES string of the molecule is CCS(=O)(=O)CC(=O)N[C@@H](c1oc2ccccc2c1C)C(C)C. The average Bonchev–Trinajstić information content (AvgIpc) is 2.81. The summed E-state index contributed by atoms with van der Waals surface area (Å²) in [6.07, 6.45) is 0. The van der Waals surface area contributed by atoms with Crippen molar-refractivity contribution in [2.45, 2.75) is 33.7 Å². The van der Waals surface area contributed by atoms with E-state index in [2.05, 4.69) is 5.32 Å². The van der Waals surface area contributed by atoms with Gasteiger partial charge in [0.25, 0.3) is 0 Å². The molecule has 6 heteroatoms. The maximum Gasteiger partial charge on any atom is 0.235 e. The van der Waals surface area contributed by atoms with Crippen LogP contribution in [0.2, 0.25) is 0 Å². The Bertz CT molecular complexity index is 805. The molecule has 1 heterocycles. The van der Waals surface area contributed by atoms with Crippen LogP contribution in [0.3, 0.4) is 0 Å². The molecule has 0 radical (unpaired) electrons. The van der Waals surface area contributed by atoms with E-state index in [1.807, 2.05) is 45.0 Å². The molecule has 23 heavy (non-hydrogen) atoms. The van der Waals surface area contributed by atoms with E-state index in [1.165, 1.54) is 6.92 Å². The van der Waals surface area contributed by atoms with Crippen molar-refractivity contribution < 1.29 is 17.6 Å². The fourth-order valence-corrected chi connectivity index (χ4v) is 3.23. The number of carbonyl (C=O) groups is 1. The summed E-state index contributed by atoms with van der Waals surface area (Å²) in [5, 5.41) is 3.82. The highest BCUT2D eigenvalue weighted by atomic mass is 32.2. The third-order valence-electron chi connectivity index (χ3n) is 3.94. The Balaban J connectivity index is 2.31. The highest BCUT2D eigenvalue weighted by Gasteiger charge is 2.26. The minimum Gasteiger partial charge on any atom is -0.459 e. The van der Waals surface area contributed by atoms with Gasteiger partial charge in [-0.05, 0) is 18.9 Å². The summed E-state index contributed by atoms with van der Waals surface area (Å²) in [5.74, 6) is -0.279. The zero-order valence-electron chi connectivity index (χ0n) is 13.9. The fourth-order valence-electron chi connectivity index (χ4n) is 2.54. The first-order chi connectivity index (χ1) is 10.7. The third kappa shape index (κ3) is 3.93. The normalized spacial score (nSPS) is 13.4. The molecular formula is C17H23NO4S. The number of para-hydroxylation sites is 1. The number of furan rings is 1. The Morgan fingerprint density at radius 1 is 1.26 bits per heavy atom. The molecule has 2 aromatic rings. The van der Waals surface area contributed by atoms with Gasteiger partial charge in [0.2, 0.25) is 5.91 Å². The number of sulfone groups is 1. The Morgan fingerprint density at radius 3 is 2.48 bits per heavy atom. The predicted molar refractivity (Wildman–Crippen MR) is 91.0 cm³/mol. The van der Waals surface area contributed by atoms with Gasteiger partial charge in [-0.1, -0.05) is 39.0 Å². The number of amides is 1. The van der Waals surface area contributed by atoms with E-state index in [1.54, 1.807) is 0 Å². The van der Waals surface area contributed by atoms with E-state index < -0.39 is 21.5 Å². The smallest absolute Gasteiger partial charge is 0.235 e. The van der Waals surface area contributed by atoms with Gasteiger partial charge in [0, 0.05) is 16.7 Å². The van der Waals surface area contributed by atoms with Gasteiger partial charge in [0.1, 0.15) is 17.1 Å². The van der Waals surface area contributed by atoms with Crippen molar-refractivity contribution in [3.63, 3.8) is 0 Å². The van der Waals surface area contributed by atoms with Crippen molar-refractivity contribution in [3.8, 4) is 0 Å². The number of aryl methyl sites for hydroxylation is 1. The minimum absolute atomic E-state index is 0.0452. The molecule has 1 aromatic heterocycles. The number of benzene rings is 1. The summed E-state index contributed by atoms with van der Waals surface area (Å²) in [4.78, 5) is 12.1. The second-order valence-electron chi connectivity index (χ2n) is 6.05. The lowest BCUT2D eigenvalue weighted by atomic mass is 9.98. The Kier molecular flexibility index (Phi) is 5.14. The van der Waals surface area contributed by atoms with Crippen LogP contribution in [0.1, 0.15) is 38.1 Å². The molecule has 5 nitrogen and oxygen atoms in total. The molecule has 0 saturated heterocycles. The van der Waals surface area contributed by atoms with Crippen molar-refractivity contribution >= 4 is 26.7 Å². The lowest BCUT2D eigenvalue weighted by Gasteiger charge is -2.21. The van der Waals surface area contributed by atoms with Gasteiger partial charge in [0.05, 0.1) is 6.04 Å². The molecule has 0 aliphatic heterocycles. The van der Waals surface area contributed by atoms with Crippen molar-refractivity contribution in [1.82, 2.24) is 5.32 Å². The molecule has 0 bridgehead atoms. The van der Waals surface area contributed by atoms with E-state index in [0.717, 1.165) is 16.5 Å². The quantitative estimate of drug-likeness (QED) is 0.879. The number of hydrogen-bond acceptors (Lipinski definition) is 4. The molecule has 0 saturated carbocycles. The van der Waals surface area contributed by atoms with Gasteiger partial charge in [-0.2, -0.15) is 0 Å². The van der Waals surface area contributed by atoms with Crippen LogP contribution in [0.5, 0.6) is 0 Å². The zero-order valence-corrected chi connectivity index (χ0v) is 14.7. The van der Waals surface area contributed by atoms with Crippen LogP contribution < -0.4 is 5.32 Å². The van der Waals surface area contributed by atoms with Gasteiger partial charge in [-0.3, -0.25) is 4.79 Å². The standard InChI is InChI=1S/C17H23NO4S/c1-5-23(20,21)10-15(19)18-16(11(2)3)17-12(4)13-8-6-7-9-14(13)22-17/h6-9,11,16H,5,10H2,1-4H3,(H,18,19)/t16-/m1/s1. The summed E-state index contributed by atoms with van der Waals surface area (Å²) in [5.41, 5.74) is 1.74. The number of nitrogens with one attached hydrogen (secondary N) is 1. The van der Waals surface area contributed by atoms with Crippen LogP contribution >= 0.6 is 0 Å². The van der Waals surface area contributed by atoms with Crippen LogP contribution in [-0.2, 0) is 14.6 Å². The van der Waals surface area contributed by atoms with Crippen molar-refractivity contribution in [2.75, 3.05) is 11.5 Å². The maximum absolute atomic E-state index is 12.1. The van der Waals surface area contributed by atoms with Crippen LogP contribution in [0.15, 0.2) is 28.7 Å². The second-order valence-corrected chi connectivity index (χ2v) is 8.41. The number of fused-ring (bicyclic) bond motifs is 1. The molecule has 0 fully saturated rings. The molecule has 0 unspecified atom stereocenters. The summed E-state index contributed by atoms with van der Waals surface area (Å²) < 4.78 is 29.2. The summed E-state index contributed by atoms with van der Waals surface area (Å²) in [6.45, 7) is 7.41. The highest BCUT2D eigenvalue weighted by molar-refractivity contribution is 7.92. The minimum atomic E-state index is -3.35. The summed E-state index contributed by atoms with van der Waals surface area (Å²) >= 11 is 0. The number of hydrogen-bond donors (Lipinski definition) is 1. The van der Waals surface area contributed by atoms with Gasteiger partial charge < -0.3 is 9.73 Å². The van der Waals surface area contributed by atoms with Gasteiger partial charge in [-0.25, -0.2) is 8.42 Å². The Hall–Kier alpha value is -1.82. The molecule has 1 N–H and O–H groups in total. The monoisotopic (exact) mass is 337 g/mol. The van der Waals surface area contributed by atoms with Crippen LogP contribution in [0.4, 0.5) is 0 Å². The van der Waals surface area contributed by atoms with Crippen molar-refractivity contribution in [3.05, 3.63) is 35.6 Å². The van der Waals surface area contributed by atoms with E-state index in [0.29, 0.717) is 5.76 Å². The van der Waals surface area contributed by atoms with Gasteiger partial charge in [0.15, 0.2) is 9.84 Å². The number of rotatable bonds is 6. The third-order valence-corrected chi connectivity index (χ3v) is 5.52. The highest BCUT2D eigenvalue weighted by Crippen LogP contribution is 2.32. The first kappa shape index (κ1) is 17.5. The summed E-state index contributed by atoms with van der Waals surface area (Å²) in [7, 11) is -3.35. The molecule has 2 rings (SSSR count). The van der Waals surface area contributed by atoms with Crippen LogP contribution in [-0.4, -0.2) is 25.8 Å². The fraction of sp³-hybridized carbons (Fsp3) is 0.471. The second kappa shape index (κ2) is 6.74. The van der Waals surface area contributed by atoms with Crippen LogP contribution in [0.25, 0.3) is 11.0 Å². The molecular weight excluding hydrogens is 314 g/mol. The molecule has 0 aliphatic carbocycles. The molecule has 0 spiro atoms. The van der Waals surface area contributed by atoms with Crippen LogP contribution in [0, 0.1) is 12.8 Å². The van der Waals surface area contributed by atoms with E-state index in [9.17, 15) is 13.2 Å². The molecule has 1 aromatic carbocycles. The van der Waals surface area contributed by atoms with Crippen molar-refractivity contribution in [1.29, 1.82) is 0 Å². The van der Waals surface area contributed by atoms with E-state index >= 15 is 0 Å². The summed E-state index contributed by atoms with van der Waals surface area (Å²) in [6, 6.07) is 7.32. The molecule has 126 valence electrons. The molecule has 1 amide bonds. The Morgan fingerprint density at radius 2 is 1.91 bits per heavy atom. The maximum atomic E-state index is 12.1. The lowest BCUT2D eigenvalue weighted by molar-refractivity contribution is -0.119. The largest absolute Gasteiger partial charge is 0.459 e. The lowest BCUT2D eigenvalue weighted by Crippen LogP contribution is -2.36. The first-order valence-corrected chi connectivity index (χ1v) is 9.55. The Labute approximate surface area is 137 Å². The van der Waals surface area contributed by atoms with E-state index in [-0.39, 0.29) is 17.7 Å². The van der Waals surface area contributed by atoms with Crippen molar-refractivity contribution in [2.24, 2.45) is 5.92 Å². The number of carbonyl (C=O) groups excluding carboxylic acids is 1. The topological polar surface area (TPSA) is 76.4 Å². The average molecular weight is 337 g/mol. The van der Waals surface area contributed by atoms with E-state index in [4.69, 9.17) is 4.42 Å². The molecule has 1 atom stereocenters. The predicted octanol–water partition coefficient (Wildman–Crippen LogP) is 2.99.